The number of amides is 1. The number of nitrogens with one attached hydrogen (secondary N) is 1. The molecule has 1 N–H and O–H groups in total. The molecule has 2 unspecified atom stereocenters. The Bertz CT molecular complexity index is 1290. The van der Waals surface area contributed by atoms with Crippen molar-refractivity contribution < 1.29 is 18.0 Å². The topological polar surface area (TPSA) is 84.2 Å². The molecule has 5 rings (SSSR count). The Kier molecular flexibility index (Phi) is 5.91. The molecule has 1 amide bonds. The molecule has 0 aliphatic carbocycles. The first-order valence-corrected chi connectivity index (χ1v) is 11.2. The fourth-order valence-corrected chi connectivity index (χ4v) is 4.50. The van der Waals surface area contributed by atoms with E-state index in [1.165, 1.54) is 12.4 Å². The molecule has 174 valence electrons. The predicted octanol–water partition coefficient (Wildman–Crippen LogP) is 4.92. The Labute approximate surface area is 194 Å². The number of nitrogens with zero attached hydrogens (tertiary/aromatic N) is 4. The number of halogens is 2. The first-order valence-electron chi connectivity index (χ1n) is 11.2. The van der Waals surface area contributed by atoms with Crippen molar-refractivity contribution in [3.8, 4) is 11.4 Å². The standard InChI is InChI=1S/C25H23F2N5O2/c1-15-6-4-13-32(19(15)14-30-25-31-18-7-2-3-8-20(18)34-25)24(33)22-17(27)10-9-16(26)21(22)23-28-11-5-12-29-23/h2-3,5,7-12,15,19H,4,6,13-14H2,1H3,(H,30,31). The van der Waals surface area contributed by atoms with Crippen LogP contribution in [0.1, 0.15) is 30.1 Å². The number of oxazole rings is 1. The Morgan fingerprint density at radius 3 is 2.68 bits per heavy atom. The van der Waals surface area contributed by atoms with Gasteiger partial charge in [0.1, 0.15) is 17.2 Å². The number of benzene rings is 2. The number of para-hydroxylation sites is 2. The van der Waals surface area contributed by atoms with Crippen LogP contribution in [-0.2, 0) is 0 Å². The zero-order valence-electron chi connectivity index (χ0n) is 18.5. The largest absolute Gasteiger partial charge is 0.424 e. The van der Waals surface area contributed by atoms with Gasteiger partial charge in [-0.05, 0) is 49.1 Å². The molecule has 0 radical (unpaired) electrons. The summed E-state index contributed by atoms with van der Waals surface area (Å²) in [4.78, 5) is 27.8. The van der Waals surface area contributed by atoms with Crippen molar-refractivity contribution in [3.63, 3.8) is 0 Å². The van der Waals surface area contributed by atoms with E-state index in [9.17, 15) is 9.18 Å². The maximum Gasteiger partial charge on any atom is 0.295 e. The molecule has 2 atom stereocenters. The molecule has 0 bridgehead atoms. The van der Waals surface area contributed by atoms with Gasteiger partial charge < -0.3 is 14.6 Å². The average Bonchev–Trinajstić information content (AvgIpc) is 3.27. The monoisotopic (exact) mass is 463 g/mol. The molecule has 2 aromatic carbocycles. The zero-order chi connectivity index (χ0) is 23.7. The lowest BCUT2D eigenvalue weighted by atomic mass is 9.89. The lowest BCUT2D eigenvalue weighted by Crippen LogP contribution is -2.51. The summed E-state index contributed by atoms with van der Waals surface area (Å²) < 4.78 is 35.6. The summed E-state index contributed by atoms with van der Waals surface area (Å²) in [6, 6.07) is 11.0. The number of carbonyl (C=O) groups excluding carboxylic acids is 1. The van der Waals surface area contributed by atoms with E-state index >= 15 is 4.39 Å². The average molecular weight is 463 g/mol. The third kappa shape index (κ3) is 4.09. The summed E-state index contributed by atoms with van der Waals surface area (Å²) in [7, 11) is 0. The lowest BCUT2D eigenvalue weighted by Gasteiger charge is -2.40. The van der Waals surface area contributed by atoms with Crippen LogP contribution in [0.2, 0.25) is 0 Å². The number of rotatable bonds is 5. The number of fused-ring (bicyclic) bond motifs is 1. The van der Waals surface area contributed by atoms with Gasteiger partial charge in [0.25, 0.3) is 11.9 Å². The summed E-state index contributed by atoms with van der Waals surface area (Å²) in [5, 5.41) is 3.18. The van der Waals surface area contributed by atoms with Crippen LogP contribution < -0.4 is 5.32 Å². The second-order valence-electron chi connectivity index (χ2n) is 8.40. The number of piperidine rings is 1. The highest BCUT2D eigenvalue weighted by Gasteiger charge is 2.35. The van der Waals surface area contributed by atoms with Crippen molar-refractivity contribution in [2.45, 2.75) is 25.8 Å². The summed E-state index contributed by atoms with van der Waals surface area (Å²) in [5.74, 6) is -2.05. The van der Waals surface area contributed by atoms with Gasteiger partial charge in [0.05, 0.1) is 17.2 Å². The van der Waals surface area contributed by atoms with Gasteiger partial charge in [-0.2, -0.15) is 4.98 Å². The van der Waals surface area contributed by atoms with Gasteiger partial charge in [0, 0.05) is 25.5 Å². The molecule has 0 saturated carbocycles. The molecule has 1 aliphatic heterocycles. The van der Waals surface area contributed by atoms with Gasteiger partial charge in [-0.1, -0.05) is 19.1 Å². The van der Waals surface area contributed by atoms with Gasteiger partial charge in [-0.25, -0.2) is 18.7 Å². The van der Waals surface area contributed by atoms with Gasteiger partial charge >= 0.3 is 0 Å². The summed E-state index contributed by atoms with van der Waals surface area (Å²) in [5.41, 5.74) is 0.801. The number of aromatic nitrogens is 3. The Morgan fingerprint density at radius 2 is 1.88 bits per heavy atom. The van der Waals surface area contributed by atoms with E-state index in [1.807, 2.05) is 31.2 Å². The Balaban J connectivity index is 1.46. The molecule has 34 heavy (non-hydrogen) atoms. The summed E-state index contributed by atoms with van der Waals surface area (Å²) in [6.45, 7) is 2.82. The highest BCUT2D eigenvalue weighted by atomic mass is 19.1. The van der Waals surface area contributed by atoms with Gasteiger partial charge in [-0.3, -0.25) is 4.79 Å². The molecule has 1 aliphatic rings. The molecular weight excluding hydrogens is 440 g/mol. The number of likely N-dealkylation sites (tertiary alicyclic amines) is 1. The third-order valence-electron chi connectivity index (χ3n) is 6.24. The van der Waals surface area contributed by atoms with Crippen LogP contribution in [-0.4, -0.2) is 44.9 Å². The molecule has 0 spiro atoms. The fraction of sp³-hybridized carbons (Fsp3) is 0.280. The molecular formula is C25H23F2N5O2. The number of anilines is 1. The maximum atomic E-state index is 15.0. The number of hydrogen-bond acceptors (Lipinski definition) is 6. The third-order valence-corrected chi connectivity index (χ3v) is 6.24. The van der Waals surface area contributed by atoms with E-state index < -0.39 is 17.5 Å². The fourth-order valence-electron chi connectivity index (χ4n) is 4.50. The molecule has 1 saturated heterocycles. The minimum Gasteiger partial charge on any atom is -0.424 e. The predicted molar refractivity (Wildman–Crippen MR) is 123 cm³/mol. The van der Waals surface area contributed by atoms with Gasteiger partial charge in [0.15, 0.2) is 11.4 Å². The van der Waals surface area contributed by atoms with Crippen molar-refractivity contribution in [2.75, 3.05) is 18.4 Å². The van der Waals surface area contributed by atoms with E-state index in [4.69, 9.17) is 4.42 Å². The molecule has 4 aromatic rings. The smallest absolute Gasteiger partial charge is 0.295 e. The van der Waals surface area contributed by atoms with Gasteiger partial charge in [-0.15, -0.1) is 0 Å². The van der Waals surface area contributed by atoms with E-state index in [1.54, 1.807) is 11.0 Å². The van der Waals surface area contributed by atoms with Crippen LogP contribution in [0, 0.1) is 17.6 Å². The maximum absolute atomic E-state index is 15.0. The van der Waals surface area contributed by atoms with Crippen LogP contribution in [0.5, 0.6) is 0 Å². The summed E-state index contributed by atoms with van der Waals surface area (Å²) >= 11 is 0. The lowest BCUT2D eigenvalue weighted by molar-refractivity contribution is 0.0535. The first kappa shape index (κ1) is 21.9. The van der Waals surface area contributed by atoms with Crippen molar-refractivity contribution in [3.05, 3.63) is 72.1 Å². The molecule has 9 heteroatoms. The summed E-state index contributed by atoms with van der Waals surface area (Å²) in [6.07, 6.45) is 4.53. The second kappa shape index (κ2) is 9.17. The van der Waals surface area contributed by atoms with E-state index in [-0.39, 0.29) is 28.9 Å². The van der Waals surface area contributed by atoms with Crippen LogP contribution in [0.4, 0.5) is 14.8 Å². The highest BCUT2D eigenvalue weighted by Crippen LogP contribution is 2.31. The molecule has 2 aromatic heterocycles. The Hall–Kier alpha value is -3.88. The minimum absolute atomic E-state index is 0.0333. The quantitative estimate of drug-likeness (QED) is 0.453. The van der Waals surface area contributed by atoms with E-state index in [0.29, 0.717) is 24.7 Å². The molecule has 1 fully saturated rings. The Morgan fingerprint density at radius 1 is 1.12 bits per heavy atom. The van der Waals surface area contributed by atoms with Crippen LogP contribution >= 0.6 is 0 Å². The zero-order valence-corrected chi connectivity index (χ0v) is 18.5. The van der Waals surface area contributed by atoms with Crippen LogP contribution in [0.15, 0.2) is 59.3 Å². The van der Waals surface area contributed by atoms with Crippen molar-refractivity contribution in [1.82, 2.24) is 19.9 Å². The minimum atomic E-state index is -0.808. The number of hydrogen-bond donors (Lipinski definition) is 1. The van der Waals surface area contributed by atoms with Gasteiger partial charge in [0.2, 0.25) is 0 Å². The normalized spacial score (nSPS) is 18.3. The van der Waals surface area contributed by atoms with E-state index in [2.05, 4.69) is 20.3 Å². The first-order chi connectivity index (χ1) is 16.5. The highest BCUT2D eigenvalue weighted by molar-refractivity contribution is 6.00. The van der Waals surface area contributed by atoms with E-state index in [0.717, 1.165) is 30.5 Å². The SMILES string of the molecule is CC1CCCN(C(=O)c2c(F)ccc(F)c2-c2ncccn2)C1CNc1nc2ccccc2o1. The van der Waals surface area contributed by atoms with Crippen molar-refractivity contribution >= 4 is 23.0 Å². The van der Waals surface area contributed by atoms with Crippen molar-refractivity contribution in [2.24, 2.45) is 5.92 Å². The molecule has 7 nitrogen and oxygen atoms in total. The molecule has 3 heterocycles. The van der Waals surface area contributed by atoms with Crippen LogP contribution in [0.3, 0.4) is 0 Å². The van der Waals surface area contributed by atoms with Crippen LogP contribution in [0.25, 0.3) is 22.5 Å². The second-order valence-corrected chi connectivity index (χ2v) is 8.40. The van der Waals surface area contributed by atoms with Crippen molar-refractivity contribution in [1.29, 1.82) is 0 Å². The number of carbonyl (C=O) groups is 1.